The van der Waals surface area contributed by atoms with Crippen LogP contribution < -0.4 is 4.74 Å². The van der Waals surface area contributed by atoms with Crippen molar-refractivity contribution < 1.29 is 9.53 Å². The normalized spacial score (nSPS) is 23.9. The molecular formula is C15H10O2. The van der Waals surface area contributed by atoms with Gasteiger partial charge in [0.2, 0.25) is 0 Å². The number of rotatable bonds is 0. The molecule has 0 saturated carbocycles. The van der Waals surface area contributed by atoms with Crippen LogP contribution in [0.15, 0.2) is 48.5 Å². The smallest absolute Gasteiger partial charge is 0.174 e. The summed E-state index contributed by atoms with van der Waals surface area (Å²) >= 11 is 0. The van der Waals surface area contributed by atoms with Crippen molar-refractivity contribution in [2.75, 3.05) is 0 Å². The molecule has 0 bridgehead atoms. The Morgan fingerprint density at radius 3 is 2.47 bits per heavy atom. The van der Waals surface area contributed by atoms with E-state index in [1.54, 1.807) is 0 Å². The topological polar surface area (TPSA) is 26.3 Å². The minimum Gasteiger partial charge on any atom is -0.484 e. The van der Waals surface area contributed by atoms with Crippen molar-refractivity contribution in [3.8, 4) is 5.75 Å². The largest absolute Gasteiger partial charge is 0.484 e. The zero-order valence-corrected chi connectivity index (χ0v) is 9.09. The first kappa shape index (κ1) is 8.99. The fourth-order valence-electron chi connectivity index (χ4n) is 2.87. The van der Waals surface area contributed by atoms with Gasteiger partial charge in [-0.15, -0.1) is 0 Å². The second-order valence-electron chi connectivity index (χ2n) is 4.51. The molecule has 1 heterocycles. The van der Waals surface area contributed by atoms with Crippen molar-refractivity contribution in [1.29, 1.82) is 0 Å². The number of benzene rings is 2. The van der Waals surface area contributed by atoms with Crippen molar-refractivity contribution in [3.63, 3.8) is 0 Å². The molecule has 17 heavy (non-hydrogen) atoms. The molecule has 0 fully saturated rings. The van der Waals surface area contributed by atoms with E-state index in [9.17, 15) is 4.79 Å². The average molecular weight is 222 g/mol. The van der Waals surface area contributed by atoms with Crippen molar-refractivity contribution in [2.45, 2.75) is 12.0 Å². The lowest BCUT2D eigenvalue weighted by atomic mass is 9.95. The van der Waals surface area contributed by atoms with Gasteiger partial charge in [-0.3, -0.25) is 4.79 Å². The zero-order chi connectivity index (χ0) is 11.4. The second-order valence-corrected chi connectivity index (χ2v) is 4.51. The van der Waals surface area contributed by atoms with Crippen molar-refractivity contribution in [2.24, 2.45) is 0 Å². The molecule has 2 atom stereocenters. The van der Waals surface area contributed by atoms with Gasteiger partial charge in [0.1, 0.15) is 11.9 Å². The van der Waals surface area contributed by atoms with E-state index in [1.165, 1.54) is 0 Å². The summed E-state index contributed by atoms with van der Waals surface area (Å²) in [5.41, 5.74) is 2.87. The second kappa shape index (κ2) is 2.98. The number of carbonyl (C=O) groups excluding carboxylic acids is 1. The zero-order valence-electron chi connectivity index (χ0n) is 9.09. The molecule has 4 rings (SSSR count). The van der Waals surface area contributed by atoms with Gasteiger partial charge in [-0.25, -0.2) is 0 Å². The Labute approximate surface area is 98.8 Å². The van der Waals surface area contributed by atoms with Crippen molar-refractivity contribution in [3.05, 3.63) is 65.2 Å². The summed E-state index contributed by atoms with van der Waals surface area (Å²) in [7, 11) is 0. The van der Waals surface area contributed by atoms with Gasteiger partial charge in [-0.05, 0) is 6.07 Å². The van der Waals surface area contributed by atoms with Gasteiger partial charge in [-0.1, -0.05) is 42.5 Å². The number of Topliss-reactive ketones (excluding diaryl/α,β-unsaturated/α-hetero) is 1. The van der Waals surface area contributed by atoms with Gasteiger partial charge in [0, 0.05) is 16.7 Å². The summed E-state index contributed by atoms with van der Waals surface area (Å²) in [6, 6.07) is 15.6. The van der Waals surface area contributed by atoms with Crippen LogP contribution in [-0.2, 0) is 0 Å². The van der Waals surface area contributed by atoms with E-state index in [-0.39, 0.29) is 17.8 Å². The van der Waals surface area contributed by atoms with E-state index in [4.69, 9.17) is 4.74 Å². The fourth-order valence-corrected chi connectivity index (χ4v) is 2.87. The van der Waals surface area contributed by atoms with Crippen LogP contribution in [0.25, 0.3) is 0 Å². The maximum Gasteiger partial charge on any atom is 0.174 e. The van der Waals surface area contributed by atoms with Gasteiger partial charge >= 0.3 is 0 Å². The van der Waals surface area contributed by atoms with Gasteiger partial charge in [-0.2, -0.15) is 0 Å². The van der Waals surface area contributed by atoms with E-state index < -0.39 is 0 Å². The Bertz CT molecular complexity index is 630. The Morgan fingerprint density at radius 1 is 0.882 bits per heavy atom. The van der Waals surface area contributed by atoms with Crippen LogP contribution in [0, 0.1) is 0 Å². The van der Waals surface area contributed by atoms with Gasteiger partial charge in [0.05, 0.1) is 5.92 Å². The third kappa shape index (κ3) is 1.02. The molecule has 0 N–H and O–H groups in total. The number of carbonyl (C=O) groups is 1. The molecule has 0 amide bonds. The number of hydrogen-bond acceptors (Lipinski definition) is 2. The average Bonchev–Trinajstić information content (AvgIpc) is 2.88. The predicted molar refractivity (Wildman–Crippen MR) is 63.3 cm³/mol. The molecule has 0 saturated heterocycles. The van der Waals surface area contributed by atoms with Crippen molar-refractivity contribution in [1.82, 2.24) is 0 Å². The standard InChI is InChI=1S/C15H10O2/c16-14-9-5-1-2-6-10(9)15-13(14)11-7-3-4-8-12(11)17-15/h1-8,13,15H. The van der Waals surface area contributed by atoms with Crippen LogP contribution >= 0.6 is 0 Å². The highest BCUT2D eigenvalue weighted by Gasteiger charge is 2.47. The molecule has 1 aliphatic carbocycles. The Kier molecular flexibility index (Phi) is 1.57. The number of ether oxygens (including phenoxy) is 1. The summed E-state index contributed by atoms with van der Waals surface area (Å²) in [6.07, 6.45) is -0.115. The maximum absolute atomic E-state index is 12.4. The van der Waals surface area contributed by atoms with E-state index in [0.29, 0.717) is 0 Å². The first-order valence-corrected chi connectivity index (χ1v) is 5.75. The number of para-hydroxylation sites is 1. The summed E-state index contributed by atoms with van der Waals surface area (Å²) in [4.78, 5) is 12.4. The number of ketones is 1. The first-order valence-electron chi connectivity index (χ1n) is 5.75. The number of fused-ring (bicyclic) bond motifs is 5. The number of hydrogen-bond donors (Lipinski definition) is 0. The Hall–Kier alpha value is -2.09. The molecule has 2 nitrogen and oxygen atoms in total. The monoisotopic (exact) mass is 222 g/mol. The molecule has 2 aliphatic rings. The minimum atomic E-state index is -0.136. The van der Waals surface area contributed by atoms with E-state index >= 15 is 0 Å². The van der Waals surface area contributed by atoms with Crippen LogP contribution in [0.1, 0.15) is 33.5 Å². The van der Waals surface area contributed by atoms with Crippen LogP contribution in [0.3, 0.4) is 0 Å². The Balaban J connectivity index is 1.94. The molecule has 0 aromatic heterocycles. The SMILES string of the molecule is O=C1c2ccccc2C2Oc3ccccc3C12. The third-order valence-corrected chi connectivity index (χ3v) is 3.63. The van der Waals surface area contributed by atoms with E-state index in [0.717, 1.165) is 22.4 Å². The maximum atomic E-state index is 12.4. The Morgan fingerprint density at radius 2 is 1.59 bits per heavy atom. The lowest BCUT2D eigenvalue weighted by molar-refractivity contribution is 0.0934. The molecule has 2 unspecified atom stereocenters. The third-order valence-electron chi connectivity index (χ3n) is 3.63. The molecule has 82 valence electrons. The molecule has 1 aliphatic heterocycles. The van der Waals surface area contributed by atoms with Crippen LogP contribution in [0.4, 0.5) is 0 Å². The molecule has 2 aromatic rings. The minimum absolute atomic E-state index is 0.115. The highest BCUT2D eigenvalue weighted by atomic mass is 16.5. The molecule has 0 spiro atoms. The predicted octanol–water partition coefficient (Wildman–Crippen LogP) is 3.10. The van der Waals surface area contributed by atoms with Crippen LogP contribution in [0.5, 0.6) is 5.75 Å². The highest BCUT2D eigenvalue weighted by Crippen LogP contribution is 2.52. The van der Waals surface area contributed by atoms with E-state index in [2.05, 4.69) is 0 Å². The van der Waals surface area contributed by atoms with Gasteiger partial charge < -0.3 is 4.74 Å². The highest BCUT2D eigenvalue weighted by molar-refractivity contribution is 6.07. The van der Waals surface area contributed by atoms with Gasteiger partial charge in [0.25, 0.3) is 0 Å². The lowest BCUT2D eigenvalue weighted by Gasteiger charge is -2.08. The quantitative estimate of drug-likeness (QED) is 0.684. The van der Waals surface area contributed by atoms with Crippen LogP contribution in [-0.4, -0.2) is 5.78 Å². The first-order chi connectivity index (χ1) is 8.36. The van der Waals surface area contributed by atoms with E-state index in [1.807, 2.05) is 48.5 Å². The molecular weight excluding hydrogens is 212 g/mol. The fraction of sp³-hybridized carbons (Fsp3) is 0.133. The van der Waals surface area contributed by atoms with Crippen molar-refractivity contribution >= 4 is 5.78 Å². The summed E-state index contributed by atoms with van der Waals surface area (Å²) in [5.74, 6) is 0.907. The van der Waals surface area contributed by atoms with Gasteiger partial charge in [0.15, 0.2) is 5.78 Å². The summed E-state index contributed by atoms with van der Waals surface area (Å²) in [6.45, 7) is 0. The lowest BCUT2D eigenvalue weighted by Crippen LogP contribution is -2.07. The van der Waals surface area contributed by atoms with Crippen LogP contribution in [0.2, 0.25) is 0 Å². The summed E-state index contributed by atoms with van der Waals surface area (Å²) in [5, 5.41) is 0. The molecule has 2 heteroatoms. The molecule has 0 radical (unpaired) electrons. The summed E-state index contributed by atoms with van der Waals surface area (Å²) < 4.78 is 5.91. The molecule has 2 aromatic carbocycles.